The Morgan fingerprint density at radius 1 is 1.00 bits per heavy atom. The average molecular weight is 437 g/mol. The largest absolute Gasteiger partial charge is 0.325 e. The minimum absolute atomic E-state index is 0.155. The molecule has 0 saturated heterocycles. The van der Waals surface area contributed by atoms with Crippen molar-refractivity contribution >= 4 is 43.0 Å². The second-order valence-electron chi connectivity index (χ2n) is 7.13. The molecule has 0 unspecified atom stereocenters. The number of hydrogen-bond acceptors (Lipinski definition) is 5. The van der Waals surface area contributed by atoms with Gasteiger partial charge in [0.25, 0.3) is 0 Å². The van der Waals surface area contributed by atoms with E-state index in [1.165, 1.54) is 5.56 Å². The number of aromatic nitrogens is 1. The molecule has 5 nitrogen and oxygen atoms in total. The summed E-state index contributed by atoms with van der Waals surface area (Å²) in [7, 11) is -3.54. The van der Waals surface area contributed by atoms with E-state index in [1.54, 1.807) is 47.7 Å². The Labute approximate surface area is 179 Å². The number of aryl methyl sites for hydroxylation is 1. The summed E-state index contributed by atoms with van der Waals surface area (Å²) in [6, 6.07) is 22.3. The Morgan fingerprint density at radius 3 is 2.47 bits per heavy atom. The van der Waals surface area contributed by atoms with Crippen LogP contribution in [0.1, 0.15) is 11.1 Å². The smallest absolute Gasteiger partial charge is 0.239 e. The molecule has 7 heteroatoms. The summed E-state index contributed by atoms with van der Waals surface area (Å²) in [4.78, 5) is 16.9. The van der Waals surface area contributed by atoms with Crippen molar-refractivity contribution in [1.29, 1.82) is 0 Å². The quantitative estimate of drug-likeness (QED) is 0.470. The molecule has 0 fully saturated rings. The molecular formula is C23H20N2O3S2. The van der Waals surface area contributed by atoms with Crippen LogP contribution >= 0.6 is 11.3 Å². The van der Waals surface area contributed by atoms with Crippen LogP contribution < -0.4 is 5.32 Å². The average Bonchev–Trinajstić information content (AvgIpc) is 3.11. The van der Waals surface area contributed by atoms with Crippen LogP contribution in [0, 0.1) is 6.92 Å². The second kappa shape index (κ2) is 8.38. The highest BCUT2D eigenvalue weighted by Crippen LogP contribution is 2.31. The van der Waals surface area contributed by atoms with Crippen LogP contribution in [-0.2, 0) is 20.4 Å². The lowest BCUT2D eigenvalue weighted by molar-refractivity contribution is -0.113. The molecule has 152 valence electrons. The number of sulfone groups is 1. The number of fused-ring (bicyclic) bond motifs is 1. The molecule has 1 heterocycles. The van der Waals surface area contributed by atoms with Crippen molar-refractivity contribution in [3.8, 4) is 10.6 Å². The molecule has 1 amide bonds. The minimum Gasteiger partial charge on any atom is -0.325 e. The van der Waals surface area contributed by atoms with E-state index in [1.807, 2.05) is 30.3 Å². The molecule has 0 saturated carbocycles. The van der Waals surface area contributed by atoms with Gasteiger partial charge in [-0.1, -0.05) is 36.4 Å². The van der Waals surface area contributed by atoms with Crippen molar-refractivity contribution in [3.63, 3.8) is 0 Å². The fourth-order valence-corrected chi connectivity index (χ4v) is 5.47. The fraction of sp³-hybridized carbons (Fsp3) is 0.130. The number of benzene rings is 3. The standard InChI is InChI=1S/C23H20N2O3S2/c1-16-7-12-20-21(13-16)29-23(25-20)18-8-10-19(11-9-18)24-22(26)15-30(27,28)14-17-5-3-2-4-6-17/h2-13H,14-15H2,1H3,(H,24,26). The molecule has 1 N–H and O–H groups in total. The van der Waals surface area contributed by atoms with Gasteiger partial charge in [-0.15, -0.1) is 11.3 Å². The molecule has 0 atom stereocenters. The number of anilines is 1. The van der Waals surface area contributed by atoms with Crippen molar-refractivity contribution in [2.24, 2.45) is 0 Å². The topological polar surface area (TPSA) is 76.1 Å². The van der Waals surface area contributed by atoms with Crippen molar-refractivity contribution in [2.45, 2.75) is 12.7 Å². The highest BCUT2D eigenvalue weighted by Gasteiger charge is 2.17. The molecule has 3 aromatic carbocycles. The molecule has 4 aromatic rings. The van der Waals surface area contributed by atoms with Crippen molar-refractivity contribution in [1.82, 2.24) is 4.98 Å². The van der Waals surface area contributed by atoms with E-state index in [-0.39, 0.29) is 5.75 Å². The van der Waals surface area contributed by atoms with Gasteiger partial charge in [0.1, 0.15) is 10.8 Å². The number of amides is 1. The number of rotatable bonds is 6. The summed E-state index contributed by atoms with van der Waals surface area (Å²) < 4.78 is 25.7. The third-order valence-electron chi connectivity index (χ3n) is 4.54. The monoisotopic (exact) mass is 436 g/mol. The van der Waals surface area contributed by atoms with Crippen LogP contribution in [0.3, 0.4) is 0 Å². The Morgan fingerprint density at radius 2 is 1.73 bits per heavy atom. The normalized spacial score (nSPS) is 11.5. The predicted octanol–water partition coefficient (Wildman–Crippen LogP) is 4.83. The van der Waals surface area contributed by atoms with E-state index in [9.17, 15) is 13.2 Å². The number of nitrogens with zero attached hydrogens (tertiary/aromatic N) is 1. The summed E-state index contributed by atoms with van der Waals surface area (Å²) in [5.41, 5.74) is 4.32. The van der Waals surface area contributed by atoms with E-state index in [0.29, 0.717) is 11.3 Å². The van der Waals surface area contributed by atoms with Gasteiger partial charge in [-0.2, -0.15) is 0 Å². The Kier molecular flexibility index (Phi) is 5.65. The van der Waals surface area contributed by atoms with Gasteiger partial charge >= 0.3 is 0 Å². The van der Waals surface area contributed by atoms with E-state index in [2.05, 4.69) is 23.3 Å². The Bertz CT molecular complexity index is 1300. The van der Waals surface area contributed by atoms with Crippen LogP contribution in [0.2, 0.25) is 0 Å². The maximum atomic E-state index is 12.3. The molecule has 0 radical (unpaired) electrons. The molecule has 1 aromatic heterocycles. The number of carbonyl (C=O) groups is 1. The molecule has 0 spiro atoms. The van der Waals surface area contributed by atoms with Crippen LogP contribution in [-0.4, -0.2) is 25.1 Å². The lowest BCUT2D eigenvalue weighted by atomic mass is 10.2. The number of nitrogens with one attached hydrogen (secondary N) is 1. The van der Waals surface area contributed by atoms with E-state index >= 15 is 0 Å². The van der Waals surface area contributed by atoms with E-state index < -0.39 is 21.5 Å². The zero-order valence-corrected chi connectivity index (χ0v) is 18.0. The minimum atomic E-state index is -3.54. The van der Waals surface area contributed by atoms with Gasteiger partial charge in [-0.05, 0) is 54.4 Å². The number of thiazole rings is 1. The summed E-state index contributed by atoms with van der Waals surface area (Å²) in [5.74, 6) is -1.26. The molecule has 4 rings (SSSR count). The van der Waals surface area contributed by atoms with Crippen LogP contribution in [0.25, 0.3) is 20.8 Å². The molecular weight excluding hydrogens is 416 g/mol. The van der Waals surface area contributed by atoms with Gasteiger partial charge in [-0.25, -0.2) is 13.4 Å². The summed E-state index contributed by atoms with van der Waals surface area (Å²) >= 11 is 1.62. The highest BCUT2D eigenvalue weighted by atomic mass is 32.2. The second-order valence-corrected chi connectivity index (χ2v) is 10.2. The van der Waals surface area contributed by atoms with E-state index in [0.717, 1.165) is 20.8 Å². The van der Waals surface area contributed by atoms with Crippen molar-refractivity contribution in [3.05, 3.63) is 83.9 Å². The maximum Gasteiger partial charge on any atom is 0.239 e. The lowest BCUT2D eigenvalue weighted by Gasteiger charge is -2.07. The molecule has 0 aliphatic rings. The van der Waals surface area contributed by atoms with Crippen LogP contribution in [0.4, 0.5) is 5.69 Å². The molecule has 0 aliphatic heterocycles. The third-order valence-corrected chi connectivity index (χ3v) is 7.08. The Balaban J connectivity index is 1.42. The van der Waals surface area contributed by atoms with Gasteiger partial charge in [0.15, 0.2) is 9.84 Å². The highest BCUT2D eigenvalue weighted by molar-refractivity contribution is 7.91. The zero-order chi connectivity index (χ0) is 21.1. The SMILES string of the molecule is Cc1ccc2nc(-c3ccc(NC(=O)CS(=O)(=O)Cc4ccccc4)cc3)sc2c1. The molecule has 0 bridgehead atoms. The van der Waals surface area contributed by atoms with Gasteiger partial charge in [0.2, 0.25) is 5.91 Å². The molecule has 30 heavy (non-hydrogen) atoms. The fourth-order valence-electron chi connectivity index (χ4n) is 3.13. The first-order valence-corrected chi connectivity index (χ1v) is 12.0. The first-order chi connectivity index (χ1) is 14.4. The zero-order valence-electron chi connectivity index (χ0n) is 16.3. The van der Waals surface area contributed by atoms with Gasteiger partial charge in [0, 0.05) is 11.3 Å². The third kappa shape index (κ3) is 4.93. The summed E-state index contributed by atoms with van der Waals surface area (Å²) in [5, 5.41) is 3.56. The van der Waals surface area contributed by atoms with Gasteiger partial charge in [0.05, 0.1) is 16.0 Å². The maximum absolute atomic E-state index is 12.3. The van der Waals surface area contributed by atoms with Gasteiger partial charge in [-0.3, -0.25) is 4.79 Å². The first-order valence-electron chi connectivity index (χ1n) is 9.40. The van der Waals surface area contributed by atoms with Crippen LogP contribution in [0.5, 0.6) is 0 Å². The van der Waals surface area contributed by atoms with E-state index in [4.69, 9.17) is 0 Å². The number of hydrogen-bond donors (Lipinski definition) is 1. The van der Waals surface area contributed by atoms with Crippen LogP contribution in [0.15, 0.2) is 72.8 Å². The Hall–Kier alpha value is -3.03. The molecule has 0 aliphatic carbocycles. The van der Waals surface area contributed by atoms with Crippen molar-refractivity contribution in [2.75, 3.05) is 11.1 Å². The van der Waals surface area contributed by atoms with Crippen molar-refractivity contribution < 1.29 is 13.2 Å². The first kappa shape index (κ1) is 20.3. The lowest BCUT2D eigenvalue weighted by Crippen LogP contribution is -2.23. The summed E-state index contributed by atoms with van der Waals surface area (Å²) in [6.45, 7) is 2.05. The number of carbonyl (C=O) groups excluding carboxylic acids is 1. The predicted molar refractivity (Wildman–Crippen MR) is 122 cm³/mol. The summed E-state index contributed by atoms with van der Waals surface area (Å²) in [6.07, 6.45) is 0. The van der Waals surface area contributed by atoms with Gasteiger partial charge < -0.3 is 5.32 Å².